The predicted molar refractivity (Wildman–Crippen MR) is 67.3 cm³/mol. The maximum atomic E-state index is 13.7. The third-order valence-corrected chi connectivity index (χ3v) is 3.28. The minimum absolute atomic E-state index is 0.0116. The number of carbonyl (C=O) groups excluding carboxylic acids is 1. The van der Waals surface area contributed by atoms with E-state index >= 15 is 0 Å². The van der Waals surface area contributed by atoms with E-state index in [-0.39, 0.29) is 11.5 Å². The molecule has 0 unspecified atom stereocenters. The van der Waals surface area contributed by atoms with Gasteiger partial charge in [0.25, 0.3) is 5.91 Å². The molecular formula is C13H15ClFNO2. The Morgan fingerprint density at radius 2 is 2.22 bits per heavy atom. The first-order valence-electron chi connectivity index (χ1n) is 5.76. The largest absolute Gasteiger partial charge is 0.377 e. The molecule has 98 valence electrons. The summed E-state index contributed by atoms with van der Waals surface area (Å²) in [6.45, 7) is 5.16. The van der Waals surface area contributed by atoms with Crippen molar-refractivity contribution < 1.29 is 13.9 Å². The molecule has 0 N–H and O–H groups in total. The van der Waals surface area contributed by atoms with Crippen LogP contribution >= 0.6 is 11.6 Å². The molecule has 1 amide bonds. The minimum Gasteiger partial charge on any atom is -0.377 e. The molecule has 0 aliphatic carbocycles. The van der Waals surface area contributed by atoms with Gasteiger partial charge in [-0.3, -0.25) is 4.79 Å². The van der Waals surface area contributed by atoms with E-state index in [1.807, 2.05) is 13.8 Å². The third-order valence-electron chi connectivity index (χ3n) is 3.05. The summed E-state index contributed by atoms with van der Waals surface area (Å²) in [5.74, 6) is -0.894. The zero-order valence-electron chi connectivity index (χ0n) is 10.4. The fourth-order valence-corrected chi connectivity index (χ4v) is 2.21. The topological polar surface area (TPSA) is 29.5 Å². The summed E-state index contributed by atoms with van der Waals surface area (Å²) in [6.07, 6.45) is 0. The average molecular weight is 272 g/mol. The van der Waals surface area contributed by atoms with E-state index in [0.29, 0.717) is 24.8 Å². The number of benzene rings is 1. The van der Waals surface area contributed by atoms with Gasteiger partial charge in [0.1, 0.15) is 5.82 Å². The van der Waals surface area contributed by atoms with Crippen molar-refractivity contribution >= 4 is 17.5 Å². The number of morpholine rings is 1. The summed E-state index contributed by atoms with van der Waals surface area (Å²) in [4.78, 5) is 14.0. The molecule has 1 fully saturated rings. The molecule has 1 aromatic carbocycles. The highest BCUT2D eigenvalue weighted by molar-refractivity contribution is 6.31. The highest BCUT2D eigenvalue weighted by Gasteiger charge is 2.35. The fraction of sp³-hybridized carbons (Fsp3) is 0.462. The van der Waals surface area contributed by atoms with Gasteiger partial charge in [0.05, 0.1) is 24.3 Å². The molecule has 1 saturated heterocycles. The van der Waals surface area contributed by atoms with Crippen LogP contribution < -0.4 is 0 Å². The first-order chi connectivity index (χ1) is 8.42. The van der Waals surface area contributed by atoms with E-state index in [4.69, 9.17) is 16.3 Å². The molecule has 0 saturated carbocycles. The van der Waals surface area contributed by atoms with Gasteiger partial charge in [-0.2, -0.15) is 0 Å². The molecule has 1 aromatic rings. The maximum Gasteiger partial charge on any atom is 0.257 e. The lowest BCUT2D eigenvalue weighted by Crippen LogP contribution is -2.55. The van der Waals surface area contributed by atoms with E-state index < -0.39 is 11.4 Å². The zero-order valence-corrected chi connectivity index (χ0v) is 11.1. The van der Waals surface area contributed by atoms with Crippen molar-refractivity contribution in [2.45, 2.75) is 19.4 Å². The number of hydrogen-bond acceptors (Lipinski definition) is 2. The smallest absolute Gasteiger partial charge is 0.257 e. The van der Waals surface area contributed by atoms with Gasteiger partial charge >= 0.3 is 0 Å². The molecule has 3 nitrogen and oxygen atoms in total. The van der Waals surface area contributed by atoms with Crippen molar-refractivity contribution in [2.24, 2.45) is 0 Å². The van der Waals surface area contributed by atoms with Crippen LogP contribution in [-0.2, 0) is 4.74 Å². The Bertz CT molecular complexity index is 476. The highest BCUT2D eigenvalue weighted by atomic mass is 35.5. The predicted octanol–water partition coefficient (Wildman–Crippen LogP) is 2.73. The number of ether oxygens (including phenoxy) is 1. The SMILES string of the molecule is CC1(C)COCCN1C(=O)c1cc(Cl)ccc1F. The van der Waals surface area contributed by atoms with Crippen molar-refractivity contribution in [1.29, 1.82) is 0 Å². The molecule has 0 aromatic heterocycles. The van der Waals surface area contributed by atoms with Crippen LogP contribution in [0.5, 0.6) is 0 Å². The van der Waals surface area contributed by atoms with Crippen molar-refractivity contribution in [3.63, 3.8) is 0 Å². The summed E-state index contributed by atoms with van der Waals surface area (Å²) >= 11 is 5.81. The van der Waals surface area contributed by atoms with Crippen molar-refractivity contribution in [3.8, 4) is 0 Å². The first kappa shape index (κ1) is 13.3. The molecule has 0 spiro atoms. The Kier molecular flexibility index (Phi) is 3.59. The Morgan fingerprint density at radius 3 is 2.89 bits per heavy atom. The Labute approximate surface area is 110 Å². The second-order valence-corrected chi connectivity index (χ2v) is 5.38. The van der Waals surface area contributed by atoms with Gasteiger partial charge in [-0.25, -0.2) is 4.39 Å². The number of hydrogen-bond donors (Lipinski definition) is 0. The molecule has 1 aliphatic heterocycles. The fourth-order valence-electron chi connectivity index (χ4n) is 2.04. The number of amides is 1. The van der Waals surface area contributed by atoms with E-state index in [1.54, 1.807) is 4.90 Å². The lowest BCUT2D eigenvalue weighted by Gasteiger charge is -2.42. The number of rotatable bonds is 1. The van der Waals surface area contributed by atoms with Gasteiger partial charge in [-0.1, -0.05) is 11.6 Å². The van der Waals surface area contributed by atoms with Crippen molar-refractivity contribution in [2.75, 3.05) is 19.8 Å². The van der Waals surface area contributed by atoms with Gasteiger partial charge < -0.3 is 9.64 Å². The summed E-state index contributed by atoms with van der Waals surface area (Å²) in [5.41, 5.74) is -0.429. The molecule has 5 heteroatoms. The second kappa shape index (κ2) is 4.86. The molecule has 1 aliphatic rings. The first-order valence-corrected chi connectivity index (χ1v) is 6.14. The van der Waals surface area contributed by atoms with Crippen molar-refractivity contribution in [3.05, 3.63) is 34.6 Å². The molecule has 0 radical (unpaired) electrons. The van der Waals surface area contributed by atoms with E-state index in [1.165, 1.54) is 18.2 Å². The number of carbonyl (C=O) groups is 1. The van der Waals surface area contributed by atoms with Crippen LogP contribution in [0.4, 0.5) is 4.39 Å². The summed E-state index contributed by atoms with van der Waals surface area (Å²) < 4.78 is 19.0. The van der Waals surface area contributed by atoms with Crippen molar-refractivity contribution in [1.82, 2.24) is 4.90 Å². The van der Waals surface area contributed by atoms with Gasteiger partial charge in [-0.05, 0) is 32.0 Å². The zero-order chi connectivity index (χ0) is 13.3. The highest BCUT2D eigenvalue weighted by Crippen LogP contribution is 2.24. The van der Waals surface area contributed by atoms with Crippen LogP contribution in [0.15, 0.2) is 18.2 Å². The average Bonchev–Trinajstić information content (AvgIpc) is 2.31. The molecule has 1 heterocycles. The van der Waals surface area contributed by atoms with E-state index in [0.717, 1.165) is 0 Å². The van der Waals surface area contributed by atoms with E-state index in [9.17, 15) is 9.18 Å². The van der Waals surface area contributed by atoms with Crippen LogP contribution in [0, 0.1) is 5.82 Å². The maximum absolute atomic E-state index is 13.7. The van der Waals surface area contributed by atoms with Gasteiger partial charge in [-0.15, -0.1) is 0 Å². The minimum atomic E-state index is -0.549. The van der Waals surface area contributed by atoms with Crippen LogP contribution in [0.2, 0.25) is 5.02 Å². The summed E-state index contributed by atoms with van der Waals surface area (Å²) in [7, 11) is 0. The van der Waals surface area contributed by atoms with E-state index in [2.05, 4.69) is 0 Å². The molecule has 0 bridgehead atoms. The monoisotopic (exact) mass is 271 g/mol. The van der Waals surface area contributed by atoms with Crippen LogP contribution in [0.3, 0.4) is 0 Å². The normalized spacial score (nSPS) is 18.8. The number of nitrogens with zero attached hydrogens (tertiary/aromatic N) is 1. The quantitative estimate of drug-likeness (QED) is 0.786. The lowest BCUT2D eigenvalue weighted by molar-refractivity contribution is -0.0372. The molecule has 2 rings (SSSR count). The van der Waals surface area contributed by atoms with Crippen LogP contribution in [-0.4, -0.2) is 36.1 Å². The van der Waals surface area contributed by atoms with Gasteiger partial charge in [0, 0.05) is 11.6 Å². The number of halogens is 2. The molecular weight excluding hydrogens is 257 g/mol. The van der Waals surface area contributed by atoms with Crippen LogP contribution in [0.1, 0.15) is 24.2 Å². The van der Waals surface area contributed by atoms with Gasteiger partial charge in [0.2, 0.25) is 0 Å². The second-order valence-electron chi connectivity index (χ2n) is 4.95. The Morgan fingerprint density at radius 1 is 1.50 bits per heavy atom. The third kappa shape index (κ3) is 2.49. The van der Waals surface area contributed by atoms with Gasteiger partial charge in [0.15, 0.2) is 0 Å². The van der Waals surface area contributed by atoms with Crippen LogP contribution in [0.25, 0.3) is 0 Å². The summed E-state index contributed by atoms with van der Waals surface area (Å²) in [5, 5.41) is 0.353. The molecule has 0 atom stereocenters. The molecule has 18 heavy (non-hydrogen) atoms. The summed E-state index contributed by atoms with van der Waals surface area (Å²) in [6, 6.07) is 4.01. The standard InChI is InChI=1S/C13H15ClFNO2/c1-13(2)8-18-6-5-16(13)12(17)10-7-9(14)3-4-11(10)15/h3-4,7H,5-6,8H2,1-2H3. The lowest BCUT2D eigenvalue weighted by atomic mass is 10.0. The Hall–Kier alpha value is -1.13. The Balaban J connectivity index is 2.33.